The Morgan fingerprint density at radius 3 is 1.62 bits per heavy atom. The van der Waals surface area contributed by atoms with Crippen molar-refractivity contribution in [3.05, 3.63) is 164 Å². The van der Waals surface area contributed by atoms with Crippen LogP contribution in [-0.2, 0) is 0 Å². The lowest BCUT2D eigenvalue weighted by molar-refractivity contribution is 0.669. The molecule has 0 fully saturated rings. The normalized spacial score (nSPS) is 11.6. The van der Waals surface area contributed by atoms with Crippen LogP contribution in [0, 0.1) is 0 Å². The van der Waals surface area contributed by atoms with Crippen LogP contribution < -0.4 is 0 Å². The topological polar surface area (TPSA) is 26.0 Å². The molecule has 9 rings (SSSR count). The molecule has 0 aliphatic carbocycles. The molecule has 0 bridgehead atoms. The van der Waals surface area contributed by atoms with Crippen LogP contribution in [0.4, 0.5) is 0 Å². The van der Waals surface area contributed by atoms with Crippen molar-refractivity contribution >= 4 is 43.6 Å². The molecule has 0 spiro atoms. The van der Waals surface area contributed by atoms with Gasteiger partial charge < -0.3 is 4.42 Å². The minimum Gasteiger partial charge on any atom is -0.456 e. The Morgan fingerprint density at radius 2 is 0.933 bits per heavy atom. The van der Waals surface area contributed by atoms with Gasteiger partial charge in [0.25, 0.3) is 0 Å². The number of aromatic nitrogens is 1. The first-order valence-corrected chi connectivity index (χ1v) is 15.3. The Labute approximate surface area is 260 Å². The Kier molecular flexibility index (Phi) is 5.85. The van der Waals surface area contributed by atoms with E-state index < -0.39 is 0 Å². The molecule has 45 heavy (non-hydrogen) atoms. The van der Waals surface area contributed by atoms with Gasteiger partial charge in [-0.25, -0.2) is 4.98 Å². The van der Waals surface area contributed by atoms with Gasteiger partial charge in [0.05, 0.1) is 11.2 Å². The zero-order valence-corrected chi connectivity index (χ0v) is 24.4. The van der Waals surface area contributed by atoms with Crippen LogP contribution in [-0.4, -0.2) is 4.98 Å². The average molecular weight is 574 g/mol. The number of rotatable bonds is 4. The number of fused-ring (bicyclic) bond motifs is 7. The van der Waals surface area contributed by atoms with Crippen LogP contribution in [0.1, 0.15) is 0 Å². The monoisotopic (exact) mass is 573 g/mol. The maximum absolute atomic E-state index is 6.38. The highest BCUT2D eigenvalue weighted by Crippen LogP contribution is 2.43. The predicted octanol–water partition coefficient (Wildman–Crippen LogP) is 12.0. The lowest BCUT2D eigenvalue weighted by Crippen LogP contribution is -1.93. The van der Waals surface area contributed by atoms with Gasteiger partial charge in [-0.3, -0.25) is 0 Å². The molecule has 2 heterocycles. The number of pyridine rings is 1. The third-order valence-electron chi connectivity index (χ3n) is 8.83. The fourth-order valence-corrected chi connectivity index (χ4v) is 6.76. The largest absolute Gasteiger partial charge is 0.456 e. The summed E-state index contributed by atoms with van der Waals surface area (Å²) in [5.41, 5.74) is 11.8. The summed E-state index contributed by atoms with van der Waals surface area (Å²) in [6, 6.07) is 57.8. The van der Waals surface area contributed by atoms with E-state index in [1.807, 2.05) is 12.1 Å². The Bertz CT molecular complexity index is 2460. The molecule has 2 nitrogen and oxygen atoms in total. The summed E-state index contributed by atoms with van der Waals surface area (Å²) in [5.74, 6) is 0. The molecule has 7 aromatic carbocycles. The Balaban J connectivity index is 1.42. The van der Waals surface area contributed by atoms with Crippen molar-refractivity contribution in [1.29, 1.82) is 0 Å². The lowest BCUT2D eigenvalue weighted by atomic mass is 9.90. The highest BCUT2D eigenvalue weighted by molar-refractivity contribution is 6.29. The summed E-state index contributed by atoms with van der Waals surface area (Å²) in [7, 11) is 0. The number of hydrogen-bond donors (Lipinski definition) is 0. The third-order valence-corrected chi connectivity index (χ3v) is 8.83. The fraction of sp³-hybridized carbons (Fsp3) is 0. The van der Waals surface area contributed by atoms with Crippen molar-refractivity contribution in [3.63, 3.8) is 0 Å². The van der Waals surface area contributed by atoms with Gasteiger partial charge in [0.15, 0.2) is 0 Å². The third kappa shape index (κ3) is 4.22. The van der Waals surface area contributed by atoms with E-state index in [0.717, 1.165) is 60.6 Å². The SMILES string of the molecule is c1ccc(-c2cc(-c3ccccc3)cc(-c3cccc4c3nc(-c3ccccc3)c3ccc5oc6ccccc6c5c34)c2)cc1. The second-order valence-electron chi connectivity index (χ2n) is 11.5. The summed E-state index contributed by atoms with van der Waals surface area (Å²) in [5, 5.41) is 5.66. The highest BCUT2D eigenvalue weighted by Gasteiger charge is 2.19. The van der Waals surface area contributed by atoms with Crippen molar-refractivity contribution in [2.75, 3.05) is 0 Å². The van der Waals surface area contributed by atoms with Crippen molar-refractivity contribution in [3.8, 4) is 44.6 Å². The minimum atomic E-state index is 0.887. The Hall–Kier alpha value is -5.99. The summed E-state index contributed by atoms with van der Waals surface area (Å²) in [6.07, 6.45) is 0. The smallest absolute Gasteiger partial charge is 0.136 e. The van der Waals surface area contributed by atoms with Crippen LogP contribution in [0.3, 0.4) is 0 Å². The van der Waals surface area contributed by atoms with Gasteiger partial charge in [0.1, 0.15) is 11.2 Å². The summed E-state index contributed by atoms with van der Waals surface area (Å²) in [4.78, 5) is 5.50. The van der Waals surface area contributed by atoms with E-state index in [4.69, 9.17) is 9.40 Å². The Morgan fingerprint density at radius 1 is 0.356 bits per heavy atom. The number of para-hydroxylation sites is 2. The molecule has 0 N–H and O–H groups in total. The van der Waals surface area contributed by atoms with Gasteiger partial charge in [-0.1, -0.05) is 127 Å². The maximum atomic E-state index is 6.38. The van der Waals surface area contributed by atoms with Crippen molar-refractivity contribution in [2.24, 2.45) is 0 Å². The van der Waals surface area contributed by atoms with E-state index in [2.05, 4.69) is 152 Å². The van der Waals surface area contributed by atoms with E-state index >= 15 is 0 Å². The predicted molar refractivity (Wildman–Crippen MR) is 188 cm³/mol. The highest BCUT2D eigenvalue weighted by atomic mass is 16.3. The maximum Gasteiger partial charge on any atom is 0.136 e. The van der Waals surface area contributed by atoms with E-state index in [9.17, 15) is 0 Å². The van der Waals surface area contributed by atoms with Crippen molar-refractivity contribution in [2.45, 2.75) is 0 Å². The second-order valence-corrected chi connectivity index (χ2v) is 11.5. The minimum absolute atomic E-state index is 0.887. The van der Waals surface area contributed by atoms with Crippen LogP contribution in [0.5, 0.6) is 0 Å². The molecule has 0 unspecified atom stereocenters. The number of hydrogen-bond acceptors (Lipinski definition) is 2. The molecule has 0 amide bonds. The summed E-state index contributed by atoms with van der Waals surface area (Å²) >= 11 is 0. The van der Waals surface area contributed by atoms with Crippen LogP contribution in [0.2, 0.25) is 0 Å². The quantitative estimate of drug-likeness (QED) is 0.196. The molecule has 9 aromatic rings. The van der Waals surface area contributed by atoms with E-state index in [-0.39, 0.29) is 0 Å². The average Bonchev–Trinajstić information content (AvgIpc) is 3.51. The molecule has 0 aliphatic heterocycles. The zero-order chi connectivity index (χ0) is 29.7. The zero-order valence-electron chi connectivity index (χ0n) is 24.4. The second kappa shape index (κ2) is 10.3. The standard InChI is InChI=1S/C43H27NO/c1-4-13-28(14-5-1)31-25-32(29-15-6-2-7-16-29)27-33(26-31)34-20-12-21-36-40-37(42(44-43(34)36)30-17-8-3-9-18-30)23-24-39-41(40)35-19-10-11-22-38(35)45-39/h1-27H. The molecule has 0 saturated heterocycles. The summed E-state index contributed by atoms with van der Waals surface area (Å²) < 4.78 is 6.38. The number of furan rings is 1. The van der Waals surface area contributed by atoms with Gasteiger partial charge in [-0.15, -0.1) is 0 Å². The first-order valence-electron chi connectivity index (χ1n) is 15.3. The van der Waals surface area contributed by atoms with Gasteiger partial charge in [0.2, 0.25) is 0 Å². The lowest BCUT2D eigenvalue weighted by Gasteiger charge is -2.16. The molecule has 2 aromatic heterocycles. The molecule has 0 atom stereocenters. The first kappa shape index (κ1) is 25.5. The summed E-state index contributed by atoms with van der Waals surface area (Å²) in [6.45, 7) is 0. The van der Waals surface area contributed by atoms with E-state index in [0.29, 0.717) is 0 Å². The molecule has 2 heteroatoms. The van der Waals surface area contributed by atoms with Gasteiger partial charge >= 0.3 is 0 Å². The van der Waals surface area contributed by atoms with Gasteiger partial charge in [-0.2, -0.15) is 0 Å². The van der Waals surface area contributed by atoms with Gasteiger partial charge in [0, 0.05) is 38.1 Å². The van der Waals surface area contributed by atoms with Crippen LogP contribution in [0.15, 0.2) is 168 Å². The van der Waals surface area contributed by atoms with E-state index in [1.165, 1.54) is 27.6 Å². The molecule has 0 saturated carbocycles. The molecular weight excluding hydrogens is 546 g/mol. The van der Waals surface area contributed by atoms with Crippen LogP contribution >= 0.6 is 0 Å². The number of nitrogens with zero attached hydrogens (tertiary/aromatic N) is 1. The molecular formula is C43H27NO. The van der Waals surface area contributed by atoms with Gasteiger partial charge in [-0.05, 0) is 64.2 Å². The van der Waals surface area contributed by atoms with Crippen LogP contribution in [0.25, 0.3) is 88.3 Å². The molecule has 210 valence electrons. The first-order chi connectivity index (χ1) is 22.3. The fourth-order valence-electron chi connectivity index (χ4n) is 6.76. The molecule has 0 radical (unpaired) electrons. The van der Waals surface area contributed by atoms with Crippen molar-refractivity contribution < 1.29 is 4.42 Å². The number of benzene rings is 7. The van der Waals surface area contributed by atoms with Crippen molar-refractivity contribution in [1.82, 2.24) is 4.98 Å². The molecule has 0 aliphatic rings. The van der Waals surface area contributed by atoms with E-state index in [1.54, 1.807) is 0 Å².